The number of phenolic OH excluding ortho intramolecular Hbond substituents is 4. The number of benzene rings is 4. The first kappa shape index (κ1) is 50.1. The van der Waals surface area contributed by atoms with E-state index in [1.807, 2.05) is 0 Å². The number of rotatable bonds is 6. The second kappa shape index (κ2) is 19.5. The van der Waals surface area contributed by atoms with Crippen LogP contribution in [0.3, 0.4) is 0 Å². The third-order valence-electron chi connectivity index (χ3n) is 7.51. The molecule has 24 heteroatoms. The monoisotopic (exact) mass is 832 g/mol. The molecule has 5 rings (SSSR count). The van der Waals surface area contributed by atoms with Crippen molar-refractivity contribution in [1.82, 2.24) is 0 Å². The summed E-state index contributed by atoms with van der Waals surface area (Å²) in [6.45, 7) is 0. The molecule has 1 aliphatic carbocycles. The Hall–Kier alpha value is 0.0400. The van der Waals surface area contributed by atoms with Gasteiger partial charge in [0.15, 0.2) is 0 Å². The molecule has 0 radical (unpaired) electrons. The van der Waals surface area contributed by atoms with E-state index in [1.165, 1.54) is 12.1 Å². The summed E-state index contributed by atoms with van der Waals surface area (Å²) in [5, 5.41) is 58.8. The molecule has 16 nitrogen and oxygen atoms in total. The van der Waals surface area contributed by atoms with Gasteiger partial charge < -0.3 is 39.3 Å². The van der Waals surface area contributed by atoms with Gasteiger partial charge in [-0.1, -0.05) is 0 Å². The molecule has 4 N–H and O–H groups in total. The molecule has 0 saturated heterocycles. The molecule has 0 saturated carbocycles. The number of fused-ring (bicyclic) bond motifs is 8. The quantitative estimate of drug-likeness (QED) is 0.0406. The van der Waals surface area contributed by atoms with Crippen LogP contribution in [-0.4, -0.2) is 59.3 Å². The largest absolute Gasteiger partial charge is 1.00 e. The average molecular weight is 833 g/mol. The van der Waals surface area contributed by atoms with Crippen molar-refractivity contribution < 1.29 is 192 Å². The Morgan fingerprint density at radius 2 is 0.673 bits per heavy atom. The van der Waals surface area contributed by atoms with E-state index in [4.69, 9.17) is 0 Å². The molecule has 4 aromatic carbocycles. The van der Waals surface area contributed by atoms with Gasteiger partial charge in [0.2, 0.25) is 0 Å². The van der Waals surface area contributed by atoms with Gasteiger partial charge in [0.1, 0.15) is 53.4 Å². The fraction of sp³-hybridized carbons (Fsp3) is 0.143. The summed E-state index contributed by atoms with van der Waals surface area (Å²) >= 11 is 0.358. The van der Waals surface area contributed by atoms with Crippen molar-refractivity contribution in [3.63, 3.8) is 0 Å². The van der Waals surface area contributed by atoms with Crippen LogP contribution in [0.4, 0.5) is 0 Å². The van der Waals surface area contributed by atoms with Crippen LogP contribution >= 0.6 is 12.0 Å². The van der Waals surface area contributed by atoms with Gasteiger partial charge in [-0.25, -0.2) is 25.3 Å². The molecule has 256 valence electrons. The zero-order chi connectivity index (χ0) is 35.3. The van der Waals surface area contributed by atoms with E-state index in [0.29, 0.717) is 12.0 Å². The molecule has 0 atom stereocenters. The van der Waals surface area contributed by atoms with Crippen LogP contribution < -0.4 is 123 Å². The van der Waals surface area contributed by atoms with Crippen molar-refractivity contribution in [2.24, 2.45) is 0 Å². The number of phenols is 4. The maximum atomic E-state index is 12.1. The Kier molecular flexibility index (Phi) is 18.7. The van der Waals surface area contributed by atoms with E-state index < -0.39 is 93.7 Å². The summed E-state index contributed by atoms with van der Waals surface area (Å²) in [6, 6.07) is 7.08. The predicted molar refractivity (Wildman–Crippen MR) is 156 cm³/mol. The zero-order valence-electron chi connectivity index (χ0n) is 27.8. The maximum absolute atomic E-state index is 12.1. The summed E-state index contributed by atoms with van der Waals surface area (Å²) < 4.78 is 113. The molecule has 52 heavy (non-hydrogen) atoms. The minimum Gasteiger partial charge on any atom is -0.744 e. The van der Waals surface area contributed by atoms with Crippen LogP contribution in [-0.2, 0) is 65.4 Å². The molecule has 0 spiro atoms. The van der Waals surface area contributed by atoms with Crippen molar-refractivity contribution in [3.05, 3.63) is 93.0 Å². The van der Waals surface area contributed by atoms with Gasteiger partial charge in [-0.2, -0.15) is 4.33 Å². The van der Waals surface area contributed by atoms with E-state index in [9.17, 15) is 64.6 Å². The molecule has 0 heterocycles. The maximum Gasteiger partial charge on any atom is 1.00 e. The smallest absolute Gasteiger partial charge is 0.744 e. The van der Waals surface area contributed by atoms with Crippen LogP contribution in [0.15, 0.2) is 68.1 Å². The first-order valence-corrected chi connectivity index (χ1v) is 18.1. The predicted octanol–water partition coefficient (Wildman–Crippen LogP) is -10.9. The SMILES string of the molecule is O=S(=O)([O-])c1cc2c(O)c(c1)Cc1cc(S(=O)(=O)[O-])cc(c1O)Cc1cc(S(=O)(=O)[O-])cc(c1O)Cc1cc(SOO[O-])cc(c1O)C2.[Na+].[Na+].[Na+].[Na+]. The molecule has 8 bridgehead atoms. The second-order valence-corrected chi connectivity index (χ2v) is 15.6. The Balaban J connectivity index is 0.00000338. The molecule has 4 aromatic rings. The van der Waals surface area contributed by atoms with Crippen LogP contribution in [0.25, 0.3) is 0 Å². The van der Waals surface area contributed by atoms with E-state index >= 15 is 0 Å². The van der Waals surface area contributed by atoms with Gasteiger partial charge in [-0.05, 0) is 93.0 Å². The average Bonchev–Trinajstić information content (AvgIpc) is 2.97. The first-order valence-electron chi connectivity index (χ1n) is 13.2. The van der Waals surface area contributed by atoms with Gasteiger partial charge in [-0.15, -0.1) is 0 Å². The Labute approximate surface area is 390 Å². The van der Waals surface area contributed by atoms with E-state index in [2.05, 4.69) is 9.37 Å². The standard InChI is InChI=1S/C28H24O16S4.4Na/c29-25-13-1-15-7-22(46(34,35)36)9-17(26(15)30)3-19-11-24(48(40,41)42)12-20(28(19)32)4-18-10-23(47(37,38)39)8-16(27(18)31)2-14(25)6-21(5-13)45-44-43-33;;;;/h5-12,29-33H,1-4H2,(H,34,35,36)(H,37,38,39)(H,40,41,42);;;;/q;4*+1/p-4. The van der Waals surface area contributed by atoms with Crippen molar-refractivity contribution in [1.29, 1.82) is 0 Å². The molecular weight excluding hydrogens is 813 g/mol. The van der Waals surface area contributed by atoms with Gasteiger partial charge in [-0.3, -0.25) is 5.04 Å². The minimum absolute atomic E-state index is 0. The van der Waals surface area contributed by atoms with Crippen molar-refractivity contribution in [3.8, 4) is 23.0 Å². The minimum atomic E-state index is -5.25. The molecule has 1 aliphatic rings. The topological polar surface area (TPSA) is 294 Å². The van der Waals surface area contributed by atoms with Crippen molar-refractivity contribution in [2.75, 3.05) is 0 Å². The Morgan fingerprint density at radius 1 is 0.462 bits per heavy atom. The van der Waals surface area contributed by atoms with Crippen molar-refractivity contribution in [2.45, 2.75) is 45.3 Å². The Bertz CT molecular complexity index is 2180. The summed E-state index contributed by atoms with van der Waals surface area (Å²) in [6.07, 6.45) is -2.41. The summed E-state index contributed by atoms with van der Waals surface area (Å²) in [5.74, 6) is -2.53. The van der Waals surface area contributed by atoms with Gasteiger partial charge in [0.05, 0.1) is 26.7 Å². The fourth-order valence-corrected chi connectivity index (χ4v) is 7.55. The third kappa shape index (κ3) is 11.6. The van der Waals surface area contributed by atoms with Crippen LogP contribution in [0, 0.1) is 0 Å². The van der Waals surface area contributed by atoms with E-state index in [1.54, 1.807) is 0 Å². The van der Waals surface area contributed by atoms with Crippen molar-refractivity contribution >= 4 is 42.4 Å². The van der Waals surface area contributed by atoms with Gasteiger partial charge in [0, 0.05) is 30.6 Å². The van der Waals surface area contributed by atoms with Crippen LogP contribution in [0.5, 0.6) is 23.0 Å². The number of hydrogen-bond donors (Lipinski definition) is 4. The van der Waals surface area contributed by atoms with E-state index in [0.717, 1.165) is 36.4 Å². The fourth-order valence-electron chi connectivity index (χ4n) is 5.35. The normalized spacial score (nSPS) is 12.7. The van der Waals surface area contributed by atoms with Gasteiger partial charge in [0.25, 0.3) is 0 Å². The molecule has 0 fully saturated rings. The summed E-state index contributed by atoms with van der Waals surface area (Å²) in [4.78, 5) is -2.53. The Morgan fingerprint density at radius 3 is 0.865 bits per heavy atom. The van der Waals surface area contributed by atoms with Gasteiger partial charge >= 0.3 is 118 Å². The molecule has 0 unspecified atom stereocenters. The summed E-state index contributed by atoms with van der Waals surface area (Å²) in [5.41, 5.74) is -2.14. The third-order valence-corrected chi connectivity index (χ3v) is 10.5. The van der Waals surface area contributed by atoms with Crippen LogP contribution in [0.2, 0.25) is 0 Å². The molecule has 0 amide bonds. The zero-order valence-corrected chi connectivity index (χ0v) is 39.0. The number of hydrogen-bond acceptors (Lipinski definition) is 17. The number of aromatic hydroxyl groups is 4. The molecule has 0 aromatic heterocycles. The van der Waals surface area contributed by atoms with Crippen LogP contribution in [0.1, 0.15) is 44.5 Å². The summed E-state index contributed by atoms with van der Waals surface area (Å²) in [7, 11) is -15.7. The second-order valence-electron chi connectivity index (χ2n) is 10.6. The molecule has 0 aliphatic heterocycles. The van der Waals surface area contributed by atoms with E-state index in [-0.39, 0.29) is 168 Å². The first-order chi connectivity index (χ1) is 22.3. The molecular formula is C28H20Na4O16S4.